The minimum absolute atomic E-state index is 0. The van der Waals surface area contributed by atoms with E-state index in [1.165, 1.54) is 14.2 Å². The Kier molecular flexibility index (Phi) is 32.6. The zero-order valence-corrected chi connectivity index (χ0v) is 30.9. The Hall–Kier alpha value is -4.61. The van der Waals surface area contributed by atoms with Crippen LogP contribution < -0.4 is 18.9 Å². The van der Waals surface area contributed by atoms with Gasteiger partial charge in [0.2, 0.25) is 6.54 Å². The monoisotopic (exact) mass is 805 g/mol. The molecule has 11 nitrogen and oxygen atoms in total. The van der Waals surface area contributed by atoms with E-state index in [0.717, 1.165) is 36.6 Å². The van der Waals surface area contributed by atoms with E-state index in [2.05, 4.69) is 48.0 Å². The standard InChI is InChI=1S/C12H11NO2.C11H9NO2.C10H9NO2.C2H4BrCl.C2H2.2CH4.Li.2H2O/c1-13-12(7-8-12)10-6-4-3-5-9(10)11(14)15-2;1-12-11(6-7-11)9-5-3-2-4-8(9)10(13)14;1-11-7-8-5-3-4-6-9(8)10(12)13-2;3-1-2-4;1-2;;;;;/h3-6H,7-8H2,2H3;2-5H,6-7H2,(H,13,14);3-6H,7H2,2H3;1-2H2;1-2H;2*1H4;;2*1H2/q;;;;;;;+1;;/p-1. The van der Waals surface area contributed by atoms with E-state index < -0.39 is 17.0 Å². The smallest absolute Gasteiger partial charge is 0.870 e. The molecule has 2 fully saturated rings. The van der Waals surface area contributed by atoms with Crippen molar-refractivity contribution < 1.29 is 58.8 Å². The van der Waals surface area contributed by atoms with Gasteiger partial charge >= 0.3 is 36.8 Å². The molecule has 0 saturated heterocycles. The van der Waals surface area contributed by atoms with E-state index in [4.69, 9.17) is 41.2 Å². The third-order valence-electron chi connectivity index (χ3n) is 7.11. The van der Waals surface area contributed by atoms with Gasteiger partial charge in [0, 0.05) is 42.5 Å². The van der Waals surface area contributed by atoms with Gasteiger partial charge in [-0.2, -0.15) is 0 Å². The van der Waals surface area contributed by atoms with Crippen molar-refractivity contribution in [3.8, 4) is 12.8 Å². The predicted molar refractivity (Wildman–Crippen MR) is 208 cm³/mol. The number of methoxy groups -OCH3 is 2. The van der Waals surface area contributed by atoms with Gasteiger partial charge in [0.15, 0.2) is 0 Å². The van der Waals surface area contributed by atoms with Gasteiger partial charge < -0.3 is 40.1 Å². The first-order chi connectivity index (χ1) is 23.1. The third-order valence-corrected chi connectivity index (χ3v) is 8.15. The van der Waals surface area contributed by atoms with Crippen LogP contribution in [0.4, 0.5) is 0 Å². The molecule has 0 radical (unpaired) electrons. The first-order valence-corrected chi connectivity index (χ1v) is 16.0. The van der Waals surface area contributed by atoms with Crippen LogP contribution in [0.1, 0.15) is 88.3 Å². The number of esters is 2. The minimum Gasteiger partial charge on any atom is -0.870 e. The quantitative estimate of drug-likeness (QED) is 0.105. The molecule has 0 heterocycles. The number of ether oxygens (including phenoxy) is 2. The molecule has 3 aromatic carbocycles. The summed E-state index contributed by atoms with van der Waals surface area (Å²) in [5, 5.41) is 9.85. The minimum atomic E-state index is -0.949. The number of rotatable bonds is 7. The van der Waals surface area contributed by atoms with Gasteiger partial charge in [0.1, 0.15) is 0 Å². The number of nitrogens with zero attached hydrogens (tertiary/aromatic N) is 3. The van der Waals surface area contributed by atoms with Crippen molar-refractivity contribution in [3.05, 3.63) is 140 Å². The van der Waals surface area contributed by atoms with Gasteiger partial charge in [-0.05, 0) is 18.2 Å². The molecule has 0 atom stereocenters. The van der Waals surface area contributed by atoms with Crippen molar-refractivity contribution in [1.82, 2.24) is 0 Å². The van der Waals surface area contributed by atoms with Gasteiger partial charge in [-0.3, -0.25) is 0 Å². The first kappa shape index (κ1) is 57.7. The number of carboxylic acid groups (broad SMARTS) is 1. The molecule has 0 aromatic heterocycles. The number of carbonyl (C=O) groups excluding carboxylic acids is 2. The molecule has 0 bridgehead atoms. The van der Waals surface area contributed by atoms with Crippen molar-refractivity contribution in [1.29, 1.82) is 0 Å². The summed E-state index contributed by atoms with van der Waals surface area (Å²) in [6, 6.07) is 20.9. The summed E-state index contributed by atoms with van der Waals surface area (Å²) < 4.78 is 9.28. The topological polar surface area (TPSA) is 164 Å². The van der Waals surface area contributed by atoms with Crippen LogP contribution in [0.2, 0.25) is 0 Å². The number of alkyl halides is 2. The van der Waals surface area contributed by atoms with Crippen LogP contribution in [0.25, 0.3) is 14.5 Å². The Morgan fingerprint density at radius 3 is 1.45 bits per heavy atom. The van der Waals surface area contributed by atoms with E-state index in [1.54, 1.807) is 60.7 Å². The second-order valence-electron chi connectivity index (χ2n) is 10.0. The fourth-order valence-electron chi connectivity index (χ4n) is 4.42. The van der Waals surface area contributed by atoms with Crippen LogP contribution >= 0.6 is 27.5 Å². The van der Waals surface area contributed by atoms with E-state index in [9.17, 15) is 14.4 Å². The fraction of sp³-hybridized carbons (Fsp3) is 0.333. The Balaban J connectivity index is -0.000000194. The van der Waals surface area contributed by atoms with Crippen LogP contribution in [0, 0.1) is 32.6 Å². The SMILES string of the molecule is C.C.C#C.ClCCBr.O.[C-]#[N+]C1(c2ccccc2C(=O)O)CC1.[C-]#[N+]C1(c2ccccc2C(=O)OC)CC1.[C-]#[N+]Cc1ccccc1C(=O)OC.[Li+].[OH-]. The Morgan fingerprint density at radius 2 is 1.11 bits per heavy atom. The van der Waals surface area contributed by atoms with Crippen molar-refractivity contribution in [2.75, 3.05) is 25.4 Å². The molecular formula is C39H46BrClLiN3O8. The van der Waals surface area contributed by atoms with Gasteiger partial charge in [0.05, 0.1) is 42.0 Å². The maximum absolute atomic E-state index is 11.5. The number of halogens is 2. The van der Waals surface area contributed by atoms with E-state index in [1.807, 2.05) is 12.1 Å². The average molecular weight is 807 g/mol. The molecule has 280 valence electrons. The van der Waals surface area contributed by atoms with Gasteiger partial charge in [-0.25, -0.2) is 34.1 Å². The van der Waals surface area contributed by atoms with Crippen molar-refractivity contribution in [3.63, 3.8) is 0 Å². The largest absolute Gasteiger partial charge is 1.00 e. The van der Waals surface area contributed by atoms with Gasteiger partial charge in [-0.15, -0.1) is 24.4 Å². The predicted octanol–water partition coefficient (Wildman–Crippen LogP) is 5.71. The van der Waals surface area contributed by atoms with Crippen molar-refractivity contribution in [2.24, 2.45) is 0 Å². The van der Waals surface area contributed by atoms with Crippen LogP contribution in [-0.4, -0.2) is 59.4 Å². The zero-order valence-electron chi connectivity index (χ0n) is 28.6. The van der Waals surface area contributed by atoms with Crippen LogP contribution in [0.15, 0.2) is 72.8 Å². The number of hydrogen-bond acceptors (Lipinski definition) is 6. The van der Waals surface area contributed by atoms with E-state index in [-0.39, 0.29) is 68.7 Å². The van der Waals surface area contributed by atoms with E-state index in [0.29, 0.717) is 28.1 Å². The molecule has 0 amide bonds. The molecule has 5 rings (SSSR count). The Bertz CT molecular complexity index is 1710. The number of hydrogen-bond donors (Lipinski definition) is 1. The number of carbonyl (C=O) groups is 3. The molecule has 2 saturated carbocycles. The van der Waals surface area contributed by atoms with Crippen LogP contribution in [0.5, 0.6) is 0 Å². The maximum atomic E-state index is 11.5. The molecule has 14 heteroatoms. The summed E-state index contributed by atoms with van der Waals surface area (Å²) in [6.45, 7) is 21.2. The average Bonchev–Trinajstić information content (AvgIpc) is 4.09. The number of carboxylic acids is 1. The summed E-state index contributed by atoms with van der Waals surface area (Å²) in [5.74, 6) is -0.990. The molecular weight excluding hydrogens is 761 g/mol. The van der Waals surface area contributed by atoms with Crippen molar-refractivity contribution >= 4 is 45.4 Å². The summed E-state index contributed by atoms with van der Waals surface area (Å²) in [7, 11) is 2.69. The van der Waals surface area contributed by atoms with Gasteiger partial charge in [0.25, 0.3) is 11.1 Å². The van der Waals surface area contributed by atoms with Crippen LogP contribution in [0.3, 0.4) is 0 Å². The second kappa shape index (κ2) is 29.9. The van der Waals surface area contributed by atoms with Gasteiger partial charge in [-0.1, -0.05) is 85.4 Å². The fourth-order valence-corrected chi connectivity index (χ4v) is 4.42. The Morgan fingerprint density at radius 1 is 0.774 bits per heavy atom. The van der Waals surface area contributed by atoms with Crippen LogP contribution in [-0.2, 0) is 27.1 Å². The maximum Gasteiger partial charge on any atom is 1.00 e. The third kappa shape index (κ3) is 16.7. The second-order valence-corrected chi connectivity index (χ2v) is 11.2. The molecule has 2 aliphatic carbocycles. The number of aromatic carboxylic acids is 1. The number of terminal acetylenes is 1. The summed E-state index contributed by atoms with van der Waals surface area (Å²) in [4.78, 5) is 44.0. The number of benzene rings is 3. The molecule has 4 N–H and O–H groups in total. The summed E-state index contributed by atoms with van der Waals surface area (Å²) >= 11 is 8.26. The zero-order chi connectivity index (χ0) is 36.2. The first-order valence-electron chi connectivity index (χ1n) is 14.4. The Labute approximate surface area is 339 Å². The molecule has 0 spiro atoms. The molecule has 2 aliphatic rings. The molecule has 0 unspecified atom stereocenters. The van der Waals surface area contributed by atoms with E-state index >= 15 is 0 Å². The molecule has 53 heavy (non-hydrogen) atoms. The molecule has 0 aliphatic heterocycles. The van der Waals surface area contributed by atoms with Crippen molar-refractivity contribution in [2.45, 2.75) is 58.2 Å². The summed E-state index contributed by atoms with van der Waals surface area (Å²) in [5.41, 5.74) is 2.47. The summed E-state index contributed by atoms with van der Waals surface area (Å²) in [6.07, 6.45) is 11.2. The normalized spacial score (nSPS) is 12.0. The molecule has 3 aromatic rings.